The molecule has 6 heteroatoms. The molecule has 0 fully saturated rings. The maximum atomic E-state index is 13.4. The van der Waals surface area contributed by atoms with Crippen molar-refractivity contribution < 1.29 is 13.9 Å². The Labute approximate surface area is 155 Å². The highest BCUT2D eigenvalue weighted by Gasteiger charge is 2.16. The molecule has 0 saturated heterocycles. The van der Waals surface area contributed by atoms with Gasteiger partial charge in [0.1, 0.15) is 11.6 Å². The first-order chi connectivity index (χ1) is 11.5. The topological polar surface area (TPSA) is 41.6 Å². The number of benzene rings is 2. The number of hydrogen-bond donors (Lipinski definition) is 1. The van der Waals surface area contributed by atoms with E-state index in [0.29, 0.717) is 12.3 Å². The molecular formula is C18H20FIN2O2. The molecule has 4 nitrogen and oxygen atoms in total. The summed E-state index contributed by atoms with van der Waals surface area (Å²) in [4.78, 5) is 13.9. The second-order valence-corrected chi connectivity index (χ2v) is 6.83. The van der Waals surface area contributed by atoms with Gasteiger partial charge >= 0.3 is 0 Å². The molecule has 2 rings (SSSR count). The molecule has 0 radical (unpaired) electrons. The van der Waals surface area contributed by atoms with Crippen LogP contribution in [0.25, 0.3) is 0 Å². The van der Waals surface area contributed by atoms with E-state index in [9.17, 15) is 9.18 Å². The van der Waals surface area contributed by atoms with Crippen molar-refractivity contribution in [3.05, 3.63) is 63.5 Å². The Morgan fingerprint density at radius 2 is 1.96 bits per heavy atom. The minimum Gasteiger partial charge on any atom is -0.484 e. The van der Waals surface area contributed by atoms with Crippen molar-refractivity contribution in [1.82, 2.24) is 10.2 Å². The molecule has 0 aliphatic rings. The van der Waals surface area contributed by atoms with Gasteiger partial charge in [0, 0.05) is 10.1 Å². The van der Waals surface area contributed by atoms with Crippen molar-refractivity contribution in [2.24, 2.45) is 0 Å². The fourth-order valence-corrected chi connectivity index (χ4v) is 2.61. The lowest BCUT2D eigenvalue weighted by molar-refractivity contribution is -0.123. The molecule has 24 heavy (non-hydrogen) atoms. The third-order valence-corrected chi connectivity index (χ3v) is 4.25. The van der Waals surface area contributed by atoms with Crippen molar-refractivity contribution in [3.8, 4) is 5.75 Å². The molecule has 0 bridgehead atoms. The van der Waals surface area contributed by atoms with Crippen LogP contribution in [-0.4, -0.2) is 38.1 Å². The Bertz CT molecular complexity index is 677. The maximum absolute atomic E-state index is 13.4. The van der Waals surface area contributed by atoms with Gasteiger partial charge in [0.05, 0.1) is 6.04 Å². The summed E-state index contributed by atoms with van der Waals surface area (Å²) in [6.07, 6.45) is 0. The number of carbonyl (C=O) groups excluding carboxylic acids is 1. The molecule has 0 aliphatic heterocycles. The SMILES string of the molecule is CN(C)C(CNC(=O)COc1ccc(I)cc1)c1cccc(F)c1. The predicted octanol–water partition coefficient (Wildman–Crippen LogP) is 3.23. The van der Waals surface area contributed by atoms with Crippen molar-refractivity contribution in [2.45, 2.75) is 6.04 Å². The van der Waals surface area contributed by atoms with Gasteiger partial charge in [-0.05, 0) is 78.6 Å². The lowest BCUT2D eigenvalue weighted by Crippen LogP contribution is -2.36. The average molecular weight is 442 g/mol. The summed E-state index contributed by atoms with van der Waals surface area (Å²) in [5.74, 6) is 0.157. The number of nitrogens with one attached hydrogen (secondary N) is 1. The van der Waals surface area contributed by atoms with Gasteiger partial charge in [0.15, 0.2) is 6.61 Å². The summed E-state index contributed by atoms with van der Waals surface area (Å²) in [7, 11) is 3.79. The summed E-state index contributed by atoms with van der Waals surface area (Å²) in [5, 5.41) is 2.83. The van der Waals surface area contributed by atoms with Crippen LogP contribution >= 0.6 is 22.6 Å². The van der Waals surface area contributed by atoms with Crippen molar-refractivity contribution >= 4 is 28.5 Å². The van der Waals surface area contributed by atoms with E-state index in [0.717, 1.165) is 9.13 Å². The lowest BCUT2D eigenvalue weighted by atomic mass is 10.1. The van der Waals surface area contributed by atoms with E-state index in [1.54, 1.807) is 6.07 Å². The Morgan fingerprint density at radius 1 is 1.25 bits per heavy atom. The van der Waals surface area contributed by atoms with Crippen molar-refractivity contribution in [1.29, 1.82) is 0 Å². The van der Waals surface area contributed by atoms with Crippen LogP contribution in [0.4, 0.5) is 4.39 Å². The monoisotopic (exact) mass is 442 g/mol. The molecule has 0 spiro atoms. The second kappa shape index (κ2) is 8.98. The molecule has 1 unspecified atom stereocenters. The Morgan fingerprint density at radius 3 is 2.58 bits per heavy atom. The molecule has 0 aliphatic carbocycles. The fourth-order valence-electron chi connectivity index (χ4n) is 2.25. The predicted molar refractivity (Wildman–Crippen MR) is 100 cm³/mol. The second-order valence-electron chi connectivity index (χ2n) is 5.58. The van der Waals surface area contributed by atoms with Crippen LogP contribution in [0, 0.1) is 9.39 Å². The number of halogens is 2. The average Bonchev–Trinajstić information content (AvgIpc) is 2.54. The van der Waals surface area contributed by atoms with Crippen LogP contribution in [0.5, 0.6) is 5.75 Å². The first-order valence-electron chi connectivity index (χ1n) is 7.52. The number of carbonyl (C=O) groups is 1. The van der Waals surface area contributed by atoms with E-state index in [1.807, 2.05) is 49.3 Å². The van der Waals surface area contributed by atoms with E-state index < -0.39 is 0 Å². The van der Waals surface area contributed by atoms with E-state index >= 15 is 0 Å². The molecule has 2 aromatic rings. The van der Waals surface area contributed by atoms with Gasteiger partial charge in [-0.1, -0.05) is 12.1 Å². The van der Waals surface area contributed by atoms with Crippen LogP contribution < -0.4 is 10.1 Å². The fraction of sp³-hybridized carbons (Fsp3) is 0.278. The van der Waals surface area contributed by atoms with E-state index in [4.69, 9.17) is 4.74 Å². The van der Waals surface area contributed by atoms with Gasteiger partial charge in [-0.25, -0.2) is 4.39 Å². The van der Waals surface area contributed by atoms with Gasteiger partial charge in [-0.3, -0.25) is 4.79 Å². The molecule has 0 aromatic heterocycles. The smallest absolute Gasteiger partial charge is 0.258 e. The van der Waals surface area contributed by atoms with Gasteiger partial charge in [-0.15, -0.1) is 0 Å². The highest BCUT2D eigenvalue weighted by Crippen LogP contribution is 2.18. The third kappa shape index (κ3) is 5.76. The van der Waals surface area contributed by atoms with E-state index in [2.05, 4.69) is 27.9 Å². The zero-order valence-corrected chi connectivity index (χ0v) is 15.8. The number of likely N-dealkylation sites (N-methyl/N-ethyl adjacent to an activating group) is 1. The summed E-state index contributed by atoms with van der Waals surface area (Å²) in [6, 6.07) is 13.8. The molecule has 1 amide bonds. The first kappa shape index (κ1) is 18.7. The number of rotatable bonds is 7. The van der Waals surface area contributed by atoms with E-state index in [1.165, 1.54) is 12.1 Å². The van der Waals surface area contributed by atoms with Gasteiger partial charge in [-0.2, -0.15) is 0 Å². The molecule has 0 heterocycles. The lowest BCUT2D eigenvalue weighted by Gasteiger charge is -2.25. The van der Waals surface area contributed by atoms with E-state index in [-0.39, 0.29) is 24.4 Å². The minimum absolute atomic E-state index is 0.0517. The Hall–Kier alpha value is -1.67. The quantitative estimate of drug-likeness (QED) is 0.670. The zero-order valence-electron chi connectivity index (χ0n) is 13.6. The third-order valence-electron chi connectivity index (χ3n) is 3.53. The molecule has 0 saturated carbocycles. The zero-order chi connectivity index (χ0) is 17.5. The normalized spacial score (nSPS) is 12.0. The van der Waals surface area contributed by atoms with Crippen molar-refractivity contribution in [2.75, 3.05) is 27.2 Å². The van der Waals surface area contributed by atoms with Crippen LogP contribution in [-0.2, 0) is 4.79 Å². The standard InChI is InChI=1S/C18H20FIN2O2/c1-22(2)17(13-4-3-5-14(19)10-13)11-21-18(23)12-24-16-8-6-15(20)7-9-16/h3-10,17H,11-12H2,1-2H3,(H,21,23). The largest absolute Gasteiger partial charge is 0.484 e. The summed E-state index contributed by atoms with van der Waals surface area (Å²) >= 11 is 2.21. The Balaban J connectivity index is 1.87. The highest BCUT2D eigenvalue weighted by atomic mass is 127. The number of ether oxygens (including phenoxy) is 1. The molecular weight excluding hydrogens is 422 g/mol. The Kier molecular flexibility index (Phi) is 6.99. The van der Waals surface area contributed by atoms with Crippen LogP contribution in [0.2, 0.25) is 0 Å². The molecule has 1 N–H and O–H groups in total. The van der Waals surface area contributed by atoms with Gasteiger partial charge in [0.25, 0.3) is 5.91 Å². The van der Waals surface area contributed by atoms with Crippen LogP contribution in [0.15, 0.2) is 48.5 Å². The number of nitrogens with zero attached hydrogens (tertiary/aromatic N) is 1. The molecule has 2 aromatic carbocycles. The van der Waals surface area contributed by atoms with Gasteiger partial charge < -0.3 is 15.0 Å². The van der Waals surface area contributed by atoms with Gasteiger partial charge in [0.2, 0.25) is 0 Å². The summed E-state index contributed by atoms with van der Waals surface area (Å²) in [5.41, 5.74) is 0.818. The minimum atomic E-state index is -0.285. The highest BCUT2D eigenvalue weighted by molar-refractivity contribution is 14.1. The molecule has 1 atom stereocenters. The van der Waals surface area contributed by atoms with Crippen molar-refractivity contribution in [3.63, 3.8) is 0 Å². The number of hydrogen-bond acceptors (Lipinski definition) is 3. The van der Waals surface area contributed by atoms with Crippen LogP contribution in [0.3, 0.4) is 0 Å². The summed E-state index contributed by atoms with van der Waals surface area (Å²) in [6.45, 7) is 0.329. The first-order valence-corrected chi connectivity index (χ1v) is 8.60. The summed E-state index contributed by atoms with van der Waals surface area (Å²) < 4.78 is 20.0. The van der Waals surface area contributed by atoms with Crippen LogP contribution in [0.1, 0.15) is 11.6 Å². The molecule has 128 valence electrons. The maximum Gasteiger partial charge on any atom is 0.258 e. The number of amides is 1.